The van der Waals surface area contributed by atoms with E-state index in [4.69, 9.17) is 0 Å². The number of aromatic nitrogens is 1. The van der Waals surface area contributed by atoms with Gasteiger partial charge in [-0.05, 0) is 42.2 Å². The fourth-order valence-electron chi connectivity index (χ4n) is 3.21. The SMILES string of the molecule is Fc1ccc(F)c2c(NC3CCc4ccccc43)ccnc12. The number of benzene rings is 2. The van der Waals surface area contributed by atoms with Crippen LogP contribution in [0.1, 0.15) is 23.6 Å². The molecule has 1 atom stereocenters. The second-order valence-corrected chi connectivity index (χ2v) is 5.55. The van der Waals surface area contributed by atoms with Crippen molar-refractivity contribution in [2.24, 2.45) is 0 Å². The van der Waals surface area contributed by atoms with Gasteiger partial charge in [-0.3, -0.25) is 4.98 Å². The summed E-state index contributed by atoms with van der Waals surface area (Å²) in [5.74, 6) is -0.967. The minimum atomic E-state index is -0.508. The van der Waals surface area contributed by atoms with Crippen LogP contribution in [0.4, 0.5) is 14.5 Å². The molecular weight excluding hydrogens is 282 g/mol. The average molecular weight is 296 g/mol. The summed E-state index contributed by atoms with van der Waals surface area (Å²) in [5.41, 5.74) is 3.19. The first-order valence-corrected chi connectivity index (χ1v) is 7.31. The quantitative estimate of drug-likeness (QED) is 0.747. The molecule has 0 saturated heterocycles. The molecule has 1 aromatic heterocycles. The van der Waals surface area contributed by atoms with Gasteiger partial charge in [0, 0.05) is 11.9 Å². The van der Waals surface area contributed by atoms with Crippen LogP contribution in [0.5, 0.6) is 0 Å². The van der Waals surface area contributed by atoms with E-state index in [2.05, 4.69) is 22.4 Å². The zero-order valence-electron chi connectivity index (χ0n) is 11.8. The summed E-state index contributed by atoms with van der Waals surface area (Å²) in [7, 11) is 0. The number of hydrogen-bond donors (Lipinski definition) is 1. The summed E-state index contributed by atoms with van der Waals surface area (Å²) in [6.07, 6.45) is 3.45. The van der Waals surface area contributed by atoms with Crippen molar-refractivity contribution in [3.63, 3.8) is 0 Å². The molecular formula is C18H14F2N2. The standard InChI is InChI=1S/C18H14F2N2/c19-13-6-7-14(20)18-17(13)16(9-10-21-18)22-15-8-5-11-3-1-2-4-12(11)15/h1-4,6-7,9-10,15H,5,8H2,(H,21,22). The molecule has 0 spiro atoms. The molecule has 2 aromatic carbocycles. The van der Waals surface area contributed by atoms with Gasteiger partial charge in [0.2, 0.25) is 0 Å². The van der Waals surface area contributed by atoms with Crippen molar-refractivity contribution in [2.45, 2.75) is 18.9 Å². The maximum absolute atomic E-state index is 14.1. The van der Waals surface area contributed by atoms with E-state index in [0.29, 0.717) is 5.69 Å². The summed E-state index contributed by atoms with van der Waals surface area (Å²) in [4.78, 5) is 3.97. The monoisotopic (exact) mass is 296 g/mol. The number of nitrogens with one attached hydrogen (secondary N) is 1. The molecule has 1 N–H and O–H groups in total. The van der Waals surface area contributed by atoms with Gasteiger partial charge < -0.3 is 5.32 Å². The van der Waals surface area contributed by atoms with E-state index in [1.165, 1.54) is 17.3 Å². The van der Waals surface area contributed by atoms with Crippen LogP contribution in [-0.4, -0.2) is 4.98 Å². The Bertz CT molecular complexity index is 861. The summed E-state index contributed by atoms with van der Waals surface area (Å²) in [5, 5.41) is 3.58. The van der Waals surface area contributed by atoms with Gasteiger partial charge in [0.15, 0.2) is 0 Å². The lowest BCUT2D eigenvalue weighted by Crippen LogP contribution is -2.08. The maximum Gasteiger partial charge on any atom is 0.149 e. The third kappa shape index (κ3) is 2.03. The average Bonchev–Trinajstić information content (AvgIpc) is 2.94. The molecule has 4 rings (SSSR count). The predicted molar refractivity (Wildman–Crippen MR) is 82.8 cm³/mol. The van der Waals surface area contributed by atoms with Gasteiger partial charge in [-0.15, -0.1) is 0 Å². The molecule has 0 amide bonds. The van der Waals surface area contributed by atoms with Gasteiger partial charge in [0.25, 0.3) is 0 Å². The number of halogens is 2. The van der Waals surface area contributed by atoms with E-state index in [0.717, 1.165) is 25.0 Å². The molecule has 0 bridgehead atoms. The normalized spacial score (nSPS) is 16.7. The fourth-order valence-corrected chi connectivity index (χ4v) is 3.21. The van der Waals surface area contributed by atoms with Crippen molar-refractivity contribution in [3.8, 4) is 0 Å². The highest BCUT2D eigenvalue weighted by Gasteiger charge is 2.23. The minimum absolute atomic E-state index is 0.0660. The highest BCUT2D eigenvalue weighted by Crippen LogP contribution is 2.36. The second-order valence-electron chi connectivity index (χ2n) is 5.55. The lowest BCUT2D eigenvalue weighted by molar-refractivity contribution is 0.615. The highest BCUT2D eigenvalue weighted by molar-refractivity contribution is 5.92. The number of hydrogen-bond acceptors (Lipinski definition) is 2. The Morgan fingerprint density at radius 3 is 2.73 bits per heavy atom. The molecule has 0 aliphatic heterocycles. The largest absolute Gasteiger partial charge is 0.378 e. The summed E-state index contributed by atoms with van der Waals surface area (Å²) < 4.78 is 28.0. The number of pyridine rings is 1. The Labute approximate surface area is 126 Å². The van der Waals surface area contributed by atoms with Crippen LogP contribution >= 0.6 is 0 Å². The highest BCUT2D eigenvalue weighted by atomic mass is 19.1. The van der Waals surface area contributed by atoms with E-state index >= 15 is 0 Å². The van der Waals surface area contributed by atoms with E-state index < -0.39 is 11.6 Å². The van der Waals surface area contributed by atoms with E-state index in [-0.39, 0.29) is 16.9 Å². The predicted octanol–water partition coefficient (Wildman–Crippen LogP) is 4.61. The van der Waals surface area contributed by atoms with Crippen LogP contribution in [0.2, 0.25) is 0 Å². The molecule has 0 fully saturated rings. The van der Waals surface area contributed by atoms with Crippen molar-refractivity contribution >= 4 is 16.6 Å². The van der Waals surface area contributed by atoms with Crippen LogP contribution in [0, 0.1) is 11.6 Å². The molecule has 4 heteroatoms. The second kappa shape index (κ2) is 5.05. The van der Waals surface area contributed by atoms with Crippen LogP contribution in [-0.2, 0) is 6.42 Å². The molecule has 110 valence electrons. The van der Waals surface area contributed by atoms with Gasteiger partial charge >= 0.3 is 0 Å². The zero-order chi connectivity index (χ0) is 15.1. The van der Waals surface area contributed by atoms with Gasteiger partial charge in [-0.1, -0.05) is 24.3 Å². The Morgan fingerprint density at radius 2 is 1.82 bits per heavy atom. The summed E-state index contributed by atoms with van der Waals surface area (Å²) in [6.45, 7) is 0. The smallest absolute Gasteiger partial charge is 0.149 e. The van der Waals surface area contributed by atoms with Gasteiger partial charge in [0.05, 0.1) is 11.4 Å². The number of fused-ring (bicyclic) bond motifs is 2. The first kappa shape index (κ1) is 13.2. The van der Waals surface area contributed by atoms with Gasteiger partial charge in [-0.25, -0.2) is 8.78 Å². The number of nitrogens with zero attached hydrogens (tertiary/aromatic N) is 1. The van der Waals surface area contributed by atoms with Crippen LogP contribution in [0.3, 0.4) is 0 Å². The minimum Gasteiger partial charge on any atom is -0.378 e. The molecule has 1 aliphatic carbocycles. The van der Waals surface area contributed by atoms with E-state index in [9.17, 15) is 8.78 Å². The summed E-state index contributed by atoms with van der Waals surface area (Å²) in [6, 6.07) is 12.3. The first-order chi connectivity index (χ1) is 10.7. The van der Waals surface area contributed by atoms with E-state index in [1.54, 1.807) is 6.07 Å². The maximum atomic E-state index is 14.1. The fraction of sp³-hybridized carbons (Fsp3) is 0.167. The molecule has 1 heterocycles. The molecule has 1 aliphatic rings. The molecule has 1 unspecified atom stereocenters. The molecule has 22 heavy (non-hydrogen) atoms. The first-order valence-electron chi connectivity index (χ1n) is 7.31. The third-order valence-electron chi connectivity index (χ3n) is 4.25. The Balaban J connectivity index is 1.79. The molecule has 0 saturated carbocycles. The molecule has 0 radical (unpaired) electrons. The lowest BCUT2D eigenvalue weighted by atomic mass is 10.1. The topological polar surface area (TPSA) is 24.9 Å². The van der Waals surface area contributed by atoms with Crippen molar-refractivity contribution in [3.05, 3.63) is 71.4 Å². The third-order valence-corrected chi connectivity index (χ3v) is 4.25. The number of aryl methyl sites for hydroxylation is 1. The van der Waals surface area contributed by atoms with Crippen LogP contribution in [0.15, 0.2) is 48.7 Å². The van der Waals surface area contributed by atoms with Gasteiger partial charge in [-0.2, -0.15) is 0 Å². The van der Waals surface area contributed by atoms with Crippen molar-refractivity contribution in [1.29, 1.82) is 0 Å². The lowest BCUT2D eigenvalue weighted by Gasteiger charge is -2.17. The van der Waals surface area contributed by atoms with Crippen molar-refractivity contribution in [2.75, 3.05) is 5.32 Å². The zero-order valence-corrected chi connectivity index (χ0v) is 11.8. The van der Waals surface area contributed by atoms with Crippen LogP contribution < -0.4 is 5.32 Å². The van der Waals surface area contributed by atoms with Crippen LogP contribution in [0.25, 0.3) is 10.9 Å². The number of anilines is 1. The van der Waals surface area contributed by atoms with Crippen molar-refractivity contribution < 1.29 is 8.78 Å². The Morgan fingerprint density at radius 1 is 1.00 bits per heavy atom. The van der Waals surface area contributed by atoms with Crippen molar-refractivity contribution in [1.82, 2.24) is 4.98 Å². The Hall–Kier alpha value is -2.49. The number of rotatable bonds is 2. The Kier molecular flexibility index (Phi) is 3.03. The van der Waals surface area contributed by atoms with E-state index in [1.807, 2.05) is 12.1 Å². The molecule has 3 aromatic rings. The molecule has 2 nitrogen and oxygen atoms in total. The summed E-state index contributed by atoms with van der Waals surface area (Å²) >= 11 is 0. The van der Waals surface area contributed by atoms with Gasteiger partial charge in [0.1, 0.15) is 17.2 Å².